The molecule has 5 heteroatoms. The summed E-state index contributed by atoms with van der Waals surface area (Å²) in [4.78, 5) is 17.0. The van der Waals surface area contributed by atoms with Gasteiger partial charge in [0.1, 0.15) is 10.8 Å². The lowest BCUT2D eigenvalue weighted by Crippen LogP contribution is -2.36. The van der Waals surface area contributed by atoms with Crippen LogP contribution in [0.4, 0.5) is 0 Å². The molecule has 4 nitrogen and oxygen atoms in total. The molecule has 3 aromatic rings. The van der Waals surface area contributed by atoms with Gasteiger partial charge in [0.05, 0.1) is 19.2 Å². The number of rotatable bonds is 5. The molecule has 0 unspecified atom stereocenters. The van der Waals surface area contributed by atoms with Gasteiger partial charge in [0.15, 0.2) is 0 Å². The van der Waals surface area contributed by atoms with Crippen LogP contribution >= 0.6 is 11.3 Å². The largest absolute Gasteiger partial charge is 0.497 e. The lowest BCUT2D eigenvalue weighted by Gasteiger charge is -2.11. The number of hydrogen-bond acceptors (Lipinski definition) is 4. The van der Waals surface area contributed by atoms with Gasteiger partial charge < -0.3 is 10.1 Å². The number of carbonyl (C=O) groups excluding carboxylic acids is 1. The second kappa shape index (κ2) is 7.30. The van der Waals surface area contributed by atoms with Crippen molar-refractivity contribution in [3.05, 3.63) is 70.7 Å². The number of benzene rings is 2. The molecule has 0 spiro atoms. The van der Waals surface area contributed by atoms with E-state index in [-0.39, 0.29) is 11.9 Å². The van der Waals surface area contributed by atoms with Crippen molar-refractivity contribution < 1.29 is 9.53 Å². The van der Waals surface area contributed by atoms with Crippen LogP contribution in [0.25, 0.3) is 10.6 Å². The van der Waals surface area contributed by atoms with Crippen molar-refractivity contribution >= 4 is 17.2 Å². The fourth-order valence-electron chi connectivity index (χ4n) is 3.36. The lowest BCUT2D eigenvalue weighted by atomic mass is 10.1. The molecule has 0 saturated carbocycles. The first-order valence-electron chi connectivity index (χ1n) is 8.66. The maximum Gasteiger partial charge on any atom is 0.226 e. The van der Waals surface area contributed by atoms with E-state index in [1.165, 1.54) is 11.1 Å². The van der Waals surface area contributed by atoms with Gasteiger partial charge in [-0.1, -0.05) is 24.3 Å². The van der Waals surface area contributed by atoms with Gasteiger partial charge in [-0.25, -0.2) is 4.98 Å². The third-order valence-electron chi connectivity index (χ3n) is 4.65. The molecule has 0 aliphatic heterocycles. The van der Waals surface area contributed by atoms with Crippen LogP contribution < -0.4 is 10.1 Å². The Morgan fingerprint density at radius 1 is 1.15 bits per heavy atom. The molecule has 0 radical (unpaired) electrons. The summed E-state index contributed by atoms with van der Waals surface area (Å²) < 4.78 is 5.18. The van der Waals surface area contributed by atoms with E-state index in [0.717, 1.165) is 34.9 Å². The van der Waals surface area contributed by atoms with Gasteiger partial charge in [0, 0.05) is 17.0 Å². The molecule has 1 aromatic heterocycles. The number of fused-ring (bicyclic) bond motifs is 1. The predicted octanol–water partition coefficient (Wildman–Crippen LogP) is 3.64. The zero-order chi connectivity index (χ0) is 17.9. The van der Waals surface area contributed by atoms with E-state index < -0.39 is 0 Å². The Morgan fingerprint density at radius 2 is 1.85 bits per heavy atom. The molecule has 0 atom stereocenters. The summed E-state index contributed by atoms with van der Waals surface area (Å²) in [5.74, 6) is 0.858. The number of aromatic nitrogens is 1. The van der Waals surface area contributed by atoms with Crippen LogP contribution in [0.15, 0.2) is 53.9 Å². The van der Waals surface area contributed by atoms with E-state index in [1.807, 2.05) is 29.6 Å². The first-order chi connectivity index (χ1) is 12.7. The smallest absolute Gasteiger partial charge is 0.226 e. The first-order valence-corrected chi connectivity index (χ1v) is 9.54. The van der Waals surface area contributed by atoms with Gasteiger partial charge in [-0.3, -0.25) is 4.79 Å². The van der Waals surface area contributed by atoms with Crippen molar-refractivity contribution in [2.75, 3.05) is 7.11 Å². The normalized spacial score (nSPS) is 13.4. The standard InChI is InChI=1S/C21H20N2O2S/c1-25-19-8-6-14(7-9-19)21-23-18(13-26-21)12-20(24)22-17-10-15-4-2-3-5-16(15)11-17/h2-9,13,17H,10-12H2,1H3,(H,22,24). The minimum atomic E-state index is 0.0365. The molecule has 2 aromatic carbocycles. The number of hydrogen-bond donors (Lipinski definition) is 1. The maximum absolute atomic E-state index is 12.4. The molecule has 26 heavy (non-hydrogen) atoms. The monoisotopic (exact) mass is 364 g/mol. The Bertz CT molecular complexity index is 893. The molecule has 0 bridgehead atoms. The van der Waals surface area contributed by atoms with E-state index in [1.54, 1.807) is 18.4 Å². The molecular weight excluding hydrogens is 344 g/mol. The van der Waals surface area contributed by atoms with E-state index >= 15 is 0 Å². The Balaban J connectivity index is 1.36. The summed E-state index contributed by atoms with van der Waals surface area (Å²) >= 11 is 1.56. The number of methoxy groups -OCH3 is 1. The summed E-state index contributed by atoms with van der Waals surface area (Å²) in [7, 11) is 1.65. The van der Waals surface area contributed by atoms with E-state index in [0.29, 0.717) is 6.42 Å². The van der Waals surface area contributed by atoms with Gasteiger partial charge in [-0.05, 0) is 48.2 Å². The zero-order valence-electron chi connectivity index (χ0n) is 14.6. The van der Waals surface area contributed by atoms with Crippen LogP contribution in [-0.2, 0) is 24.1 Å². The second-order valence-electron chi connectivity index (χ2n) is 6.49. The Labute approximate surface area is 156 Å². The van der Waals surface area contributed by atoms with E-state index in [9.17, 15) is 4.79 Å². The van der Waals surface area contributed by atoms with Gasteiger partial charge in [-0.15, -0.1) is 11.3 Å². The van der Waals surface area contributed by atoms with Crippen LogP contribution in [0.3, 0.4) is 0 Å². The molecule has 1 N–H and O–H groups in total. The van der Waals surface area contributed by atoms with Crippen LogP contribution in [0, 0.1) is 0 Å². The molecule has 1 aliphatic carbocycles. The quantitative estimate of drug-likeness (QED) is 0.752. The molecule has 0 saturated heterocycles. The van der Waals surface area contributed by atoms with Crippen LogP contribution in [0.2, 0.25) is 0 Å². The number of thiazole rings is 1. The van der Waals surface area contributed by atoms with Gasteiger partial charge in [0.25, 0.3) is 0 Å². The summed E-state index contributed by atoms with van der Waals surface area (Å²) in [6.45, 7) is 0. The highest BCUT2D eigenvalue weighted by atomic mass is 32.1. The van der Waals surface area contributed by atoms with Crippen molar-refractivity contribution in [3.63, 3.8) is 0 Å². The Kier molecular flexibility index (Phi) is 4.71. The lowest BCUT2D eigenvalue weighted by molar-refractivity contribution is -0.121. The van der Waals surface area contributed by atoms with E-state index in [4.69, 9.17) is 4.74 Å². The fraction of sp³-hybridized carbons (Fsp3) is 0.238. The highest BCUT2D eigenvalue weighted by Gasteiger charge is 2.22. The SMILES string of the molecule is COc1ccc(-c2nc(CC(=O)NC3Cc4ccccc4C3)cs2)cc1. The molecule has 4 rings (SSSR count). The third-order valence-corrected chi connectivity index (χ3v) is 5.59. The fourth-order valence-corrected chi connectivity index (χ4v) is 4.18. The van der Waals surface area contributed by atoms with Crippen LogP contribution in [-0.4, -0.2) is 24.0 Å². The number of nitrogens with one attached hydrogen (secondary N) is 1. The zero-order valence-corrected chi connectivity index (χ0v) is 15.4. The van der Waals surface area contributed by atoms with Gasteiger partial charge in [-0.2, -0.15) is 0 Å². The minimum absolute atomic E-state index is 0.0365. The minimum Gasteiger partial charge on any atom is -0.497 e. The molecule has 1 amide bonds. The number of ether oxygens (including phenoxy) is 1. The summed E-state index contributed by atoms with van der Waals surface area (Å²) in [6, 6.07) is 16.4. The van der Waals surface area contributed by atoms with Crippen molar-refractivity contribution in [3.8, 4) is 16.3 Å². The number of nitrogens with zero attached hydrogens (tertiary/aromatic N) is 1. The molecule has 1 aliphatic rings. The maximum atomic E-state index is 12.4. The highest BCUT2D eigenvalue weighted by Crippen LogP contribution is 2.26. The second-order valence-corrected chi connectivity index (χ2v) is 7.35. The van der Waals surface area contributed by atoms with Crippen molar-refractivity contribution in [1.29, 1.82) is 0 Å². The van der Waals surface area contributed by atoms with Crippen LogP contribution in [0.1, 0.15) is 16.8 Å². The first kappa shape index (κ1) is 16.8. The van der Waals surface area contributed by atoms with Crippen LogP contribution in [0.5, 0.6) is 5.75 Å². The summed E-state index contributed by atoms with van der Waals surface area (Å²) in [5.41, 5.74) is 4.53. The number of carbonyl (C=O) groups is 1. The van der Waals surface area contributed by atoms with Crippen molar-refractivity contribution in [2.24, 2.45) is 0 Å². The third kappa shape index (κ3) is 3.63. The summed E-state index contributed by atoms with van der Waals surface area (Å²) in [6.07, 6.45) is 2.14. The van der Waals surface area contributed by atoms with Crippen molar-refractivity contribution in [1.82, 2.24) is 10.3 Å². The highest BCUT2D eigenvalue weighted by molar-refractivity contribution is 7.13. The average Bonchev–Trinajstić information content (AvgIpc) is 3.28. The predicted molar refractivity (Wildman–Crippen MR) is 104 cm³/mol. The Morgan fingerprint density at radius 3 is 2.50 bits per heavy atom. The molecule has 0 fully saturated rings. The number of amides is 1. The molecular formula is C21H20N2O2S. The van der Waals surface area contributed by atoms with Crippen molar-refractivity contribution in [2.45, 2.75) is 25.3 Å². The van der Waals surface area contributed by atoms with Gasteiger partial charge >= 0.3 is 0 Å². The Hall–Kier alpha value is -2.66. The van der Waals surface area contributed by atoms with E-state index in [2.05, 4.69) is 34.6 Å². The average molecular weight is 364 g/mol. The van der Waals surface area contributed by atoms with Gasteiger partial charge in [0.2, 0.25) is 5.91 Å². The molecule has 1 heterocycles. The topological polar surface area (TPSA) is 51.2 Å². The molecule has 132 valence electrons. The summed E-state index contributed by atoms with van der Waals surface area (Å²) in [5, 5.41) is 6.03.